The monoisotopic (exact) mass is 345 g/mol. The average molecular weight is 345 g/mol. The minimum atomic E-state index is -0.186. The second-order valence-corrected chi connectivity index (χ2v) is 5.51. The maximum absolute atomic E-state index is 12.5. The summed E-state index contributed by atoms with van der Waals surface area (Å²) < 4.78 is 3.56. The van der Waals surface area contributed by atoms with Crippen molar-refractivity contribution in [1.29, 1.82) is 0 Å². The molecule has 0 aliphatic heterocycles. The lowest BCUT2D eigenvalue weighted by molar-refractivity contribution is 0.0950. The predicted molar refractivity (Wildman–Crippen MR) is 93.9 cm³/mol. The van der Waals surface area contributed by atoms with E-state index in [1.165, 1.54) is 0 Å². The molecule has 0 saturated heterocycles. The Balaban J connectivity index is 1.51. The summed E-state index contributed by atoms with van der Waals surface area (Å²) in [4.78, 5) is 29.2. The third-order valence-electron chi connectivity index (χ3n) is 3.83. The van der Waals surface area contributed by atoms with Crippen LogP contribution in [-0.2, 0) is 6.54 Å². The highest BCUT2D eigenvalue weighted by Crippen LogP contribution is 2.12. The van der Waals surface area contributed by atoms with E-state index in [1.54, 1.807) is 60.3 Å². The van der Waals surface area contributed by atoms with Crippen LogP contribution < -0.4 is 5.32 Å². The van der Waals surface area contributed by atoms with E-state index in [2.05, 4.69) is 25.3 Å². The van der Waals surface area contributed by atoms with Crippen LogP contribution in [0.5, 0.6) is 0 Å². The van der Waals surface area contributed by atoms with Gasteiger partial charge >= 0.3 is 0 Å². The maximum Gasteiger partial charge on any atom is 0.251 e. The normalized spacial score (nSPS) is 10.6. The summed E-state index contributed by atoms with van der Waals surface area (Å²) in [6.07, 6.45) is 13.6. The molecule has 0 unspecified atom stereocenters. The van der Waals surface area contributed by atoms with Crippen molar-refractivity contribution in [1.82, 2.24) is 34.4 Å². The van der Waals surface area contributed by atoms with Crippen LogP contribution in [0.25, 0.3) is 11.6 Å². The highest BCUT2D eigenvalue weighted by molar-refractivity contribution is 5.94. The van der Waals surface area contributed by atoms with Gasteiger partial charge in [-0.25, -0.2) is 19.9 Å². The van der Waals surface area contributed by atoms with Crippen LogP contribution in [0.15, 0.2) is 74.1 Å². The van der Waals surface area contributed by atoms with E-state index in [0.717, 1.165) is 11.4 Å². The highest BCUT2D eigenvalue weighted by Gasteiger charge is 2.10. The summed E-state index contributed by atoms with van der Waals surface area (Å²) in [6.45, 7) is 0.350. The summed E-state index contributed by atoms with van der Waals surface area (Å²) in [6, 6.07) is 7.16. The lowest BCUT2D eigenvalue weighted by atomic mass is 10.2. The minimum absolute atomic E-state index is 0.186. The second-order valence-electron chi connectivity index (χ2n) is 5.51. The topological polar surface area (TPSA) is 90.5 Å². The fraction of sp³-hybridized carbons (Fsp3) is 0.0556. The zero-order valence-corrected chi connectivity index (χ0v) is 13.7. The summed E-state index contributed by atoms with van der Waals surface area (Å²) in [5.74, 6) is 1.18. The van der Waals surface area contributed by atoms with Gasteiger partial charge in [0.2, 0.25) is 0 Å². The standard InChI is InChI=1S/C18H15N7O/c26-18(14-3-5-21-16(10-14)24-8-6-19-12-24)23-11-15-2-1-4-22-17(15)25-9-7-20-13-25/h1-10,12-13H,11H2,(H,23,26). The van der Waals surface area contributed by atoms with Crippen LogP contribution in [0.3, 0.4) is 0 Å². The van der Waals surface area contributed by atoms with Crippen molar-refractivity contribution in [2.45, 2.75) is 6.54 Å². The molecular formula is C18H15N7O. The molecule has 0 aliphatic carbocycles. The molecule has 4 aromatic heterocycles. The molecule has 0 aromatic carbocycles. The Morgan fingerprint density at radius 3 is 2.54 bits per heavy atom. The Labute approximate surface area is 149 Å². The van der Waals surface area contributed by atoms with Gasteiger partial charge in [0.25, 0.3) is 5.91 Å². The van der Waals surface area contributed by atoms with Crippen molar-refractivity contribution in [2.24, 2.45) is 0 Å². The molecule has 4 aromatic rings. The molecule has 0 spiro atoms. The molecule has 0 aliphatic rings. The number of rotatable bonds is 5. The van der Waals surface area contributed by atoms with Crippen LogP contribution in [-0.4, -0.2) is 35.0 Å². The molecule has 128 valence electrons. The van der Waals surface area contributed by atoms with E-state index in [9.17, 15) is 4.79 Å². The van der Waals surface area contributed by atoms with Gasteiger partial charge in [-0.3, -0.25) is 13.9 Å². The summed E-state index contributed by atoms with van der Waals surface area (Å²) in [5.41, 5.74) is 1.42. The molecule has 26 heavy (non-hydrogen) atoms. The third-order valence-corrected chi connectivity index (χ3v) is 3.83. The van der Waals surface area contributed by atoms with E-state index in [1.807, 2.05) is 22.9 Å². The van der Waals surface area contributed by atoms with Gasteiger partial charge in [-0.05, 0) is 18.2 Å². The predicted octanol–water partition coefficient (Wildman–Crippen LogP) is 1.78. The average Bonchev–Trinajstić information content (AvgIpc) is 3.40. The van der Waals surface area contributed by atoms with Crippen LogP contribution in [0.4, 0.5) is 0 Å². The Kier molecular flexibility index (Phi) is 4.21. The number of carbonyl (C=O) groups is 1. The molecule has 0 saturated carbocycles. The Hall–Kier alpha value is -3.81. The van der Waals surface area contributed by atoms with Crippen LogP contribution >= 0.6 is 0 Å². The van der Waals surface area contributed by atoms with Crippen molar-refractivity contribution in [2.75, 3.05) is 0 Å². The molecule has 0 radical (unpaired) electrons. The molecule has 4 heterocycles. The zero-order chi connectivity index (χ0) is 17.8. The van der Waals surface area contributed by atoms with Crippen molar-refractivity contribution in [3.8, 4) is 11.6 Å². The van der Waals surface area contributed by atoms with Gasteiger partial charge in [-0.1, -0.05) is 6.07 Å². The number of pyridine rings is 2. The van der Waals surface area contributed by atoms with Crippen LogP contribution in [0.1, 0.15) is 15.9 Å². The van der Waals surface area contributed by atoms with Gasteiger partial charge in [0.15, 0.2) is 0 Å². The lowest BCUT2D eigenvalue weighted by Crippen LogP contribution is -2.24. The Morgan fingerprint density at radius 2 is 1.77 bits per heavy atom. The van der Waals surface area contributed by atoms with Crippen molar-refractivity contribution >= 4 is 5.91 Å². The summed E-state index contributed by atoms with van der Waals surface area (Å²) >= 11 is 0. The molecule has 4 rings (SSSR count). The van der Waals surface area contributed by atoms with Gasteiger partial charge in [-0.2, -0.15) is 0 Å². The number of imidazole rings is 2. The van der Waals surface area contributed by atoms with Gasteiger partial charge in [-0.15, -0.1) is 0 Å². The first-order valence-electron chi connectivity index (χ1n) is 7.96. The largest absolute Gasteiger partial charge is 0.348 e. The first-order valence-corrected chi connectivity index (χ1v) is 7.96. The zero-order valence-electron chi connectivity index (χ0n) is 13.7. The summed E-state index contributed by atoms with van der Waals surface area (Å²) in [5, 5.41) is 2.92. The highest BCUT2D eigenvalue weighted by atomic mass is 16.1. The molecule has 1 N–H and O–H groups in total. The van der Waals surface area contributed by atoms with Crippen molar-refractivity contribution in [3.05, 3.63) is 85.2 Å². The quantitative estimate of drug-likeness (QED) is 0.595. The SMILES string of the molecule is O=C(NCc1cccnc1-n1ccnc1)c1ccnc(-n2ccnc2)c1. The van der Waals surface area contributed by atoms with Crippen molar-refractivity contribution in [3.63, 3.8) is 0 Å². The number of nitrogens with zero attached hydrogens (tertiary/aromatic N) is 6. The Morgan fingerprint density at radius 1 is 0.962 bits per heavy atom. The minimum Gasteiger partial charge on any atom is -0.348 e. The number of aromatic nitrogens is 6. The molecule has 1 amide bonds. The Bertz CT molecular complexity index is 1010. The first kappa shape index (κ1) is 15.7. The maximum atomic E-state index is 12.5. The van der Waals surface area contributed by atoms with Crippen molar-refractivity contribution < 1.29 is 4.79 Å². The van der Waals surface area contributed by atoms with Crippen LogP contribution in [0, 0.1) is 0 Å². The fourth-order valence-corrected chi connectivity index (χ4v) is 2.56. The van der Waals surface area contributed by atoms with E-state index in [4.69, 9.17) is 0 Å². The molecule has 8 heteroatoms. The van der Waals surface area contributed by atoms with E-state index >= 15 is 0 Å². The molecule has 8 nitrogen and oxygen atoms in total. The van der Waals surface area contributed by atoms with Gasteiger partial charge < -0.3 is 5.32 Å². The third kappa shape index (κ3) is 3.20. The van der Waals surface area contributed by atoms with Crippen LogP contribution in [0.2, 0.25) is 0 Å². The summed E-state index contributed by atoms with van der Waals surface area (Å²) in [7, 11) is 0. The molecular weight excluding hydrogens is 330 g/mol. The van der Waals surface area contributed by atoms with E-state index < -0.39 is 0 Å². The smallest absolute Gasteiger partial charge is 0.251 e. The fourth-order valence-electron chi connectivity index (χ4n) is 2.56. The van der Waals surface area contributed by atoms with E-state index in [0.29, 0.717) is 17.9 Å². The van der Waals surface area contributed by atoms with E-state index in [-0.39, 0.29) is 5.91 Å². The van der Waals surface area contributed by atoms with Gasteiger partial charge in [0, 0.05) is 54.9 Å². The lowest BCUT2D eigenvalue weighted by Gasteiger charge is -2.10. The molecule has 0 fully saturated rings. The van der Waals surface area contributed by atoms with Gasteiger partial charge in [0.1, 0.15) is 24.3 Å². The number of nitrogens with one attached hydrogen (secondary N) is 1. The number of carbonyl (C=O) groups excluding carboxylic acids is 1. The molecule has 0 atom stereocenters. The number of hydrogen-bond donors (Lipinski definition) is 1. The second kappa shape index (κ2) is 6.98. The molecule has 0 bridgehead atoms. The number of hydrogen-bond acceptors (Lipinski definition) is 5. The van der Waals surface area contributed by atoms with Gasteiger partial charge in [0.05, 0.1) is 0 Å². The number of amides is 1. The first-order chi connectivity index (χ1) is 12.8.